The molecule has 1 N–H and O–H groups in total. The maximum atomic E-state index is 12.5. The number of aromatic nitrogens is 1. The zero-order chi connectivity index (χ0) is 16.8. The summed E-state index contributed by atoms with van der Waals surface area (Å²) in [4.78, 5) is 30.1. The number of hydrogen-bond acceptors (Lipinski definition) is 3. The molecule has 23 heavy (non-hydrogen) atoms. The Morgan fingerprint density at radius 2 is 1.78 bits per heavy atom. The standard InChI is InChI=1S/C18H21N3O2/c1-13(2)20-17(22)15-9-16(11-19-10-15)18(23)21(3)12-14-7-5-4-6-8-14/h4-11,13H,12H2,1-3H3,(H,20,22). The normalized spacial score (nSPS) is 10.4. The number of rotatable bonds is 5. The maximum Gasteiger partial charge on any atom is 0.255 e. The molecule has 0 saturated heterocycles. The zero-order valence-electron chi connectivity index (χ0n) is 13.6. The average Bonchev–Trinajstić information content (AvgIpc) is 2.54. The van der Waals surface area contributed by atoms with E-state index in [9.17, 15) is 9.59 Å². The van der Waals surface area contributed by atoms with Gasteiger partial charge in [0.25, 0.3) is 11.8 Å². The Labute approximate surface area is 136 Å². The van der Waals surface area contributed by atoms with Gasteiger partial charge in [0.05, 0.1) is 11.1 Å². The molecule has 2 aromatic rings. The molecule has 0 aliphatic rings. The molecular weight excluding hydrogens is 290 g/mol. The molecule has 5 heteroatoms. The minimum Gasteiger partial charge on any atom is -0.350 e. The van der Waals surface area contributed by atoms with Crippen molar-refractivity contribution in [1.82, 2.24) is 15.2 Å². The lowest BCUT2D eigenvalue weighted by molar-refractivity contribution is 0.0784. The van der Waals surface area contributed by atoms with E-state index in [1.165, 1.54) is 12.4 Å². The SMILES string of the molecule is CC(C)NC(=O)c1cncc(C(=O)N(C)Cc2ccccc2)c1. The highest BCUT2D eigenvalue weighted by Crippen LogP contribution is 2.09. The van der Waals surface area contributed by atoms with Gasteiger partial charge in [-0.25, -0.2) is 0 Å². The van der Waals surface area contributed by atoms with E-state index in [4.69, 9.17) is 0 Å². The maximum absolute atomic E-state index is 12.5. The van der Waals surface area contributed by atoms with Crippen LogP contribution < -0.4 is 5.32 Å². The topological polar surface area (TPSA) is 62.3 Å². The molecule has 2 rings (SSSR count). The van der Waals surface area contributed by atoms with Gasteiger partial charge in [0.1, 0.15) is 0 Å². The fourth-order valence-corrected chi connectivity index (χ4v) is 2.18. The highest BCUT2D eigenvalue weighted by Gasteiger charge is 2.15. The summed E-state index contributed by atoms with van der Waals surface area (Å²) in [7, 11) is 1.73. The first-order chi connectivity index (χ1) is 11.0. The third kappa shape index (κ3) is 4.64. The van der Waals surface area contributed by atoms with Gasteiger partial charge in [0.2, 0.25) is 0 Å². The lowest BCUT2D eigenvalue weighted by Gasteiger charge is -2.17. The van der Waals surface area contributed by atoms with Crippen LogP contribution in [0.15, 0.2) is 48.8 Å². The average molecular weight is 311 g/mol. The summed E-state index contributed by atoms with van der Waals surface area (Å²) >= 11 is 0. The van der Waals surface area contributed by atoms with Crippen LogP contribution >= 0.6 is 0 Å². The Balaban J connectivity index is 2.11. The minimum atomic E-state index is -0.229. The van der Waals surface area contributed by atoms with Crippen LogP contribution in [0.3, 0.4) is 0 Å². The second kappa shape index (κ2) is 7.54. The highest BCUT2D eigenvalue weighted by atomic mass is 16.2. The van der Waals surface area contributed by atoms with Crippen LogP contribution in [-0.2, 0) is 6.54 Å². The molecule has 0 bridgehead atoms. The first-order valence-electron chi connectivity index (χ1n) is 7.52. The first kappa shape index (κ1) is 16.7. The quantitative estimate of drug-likeness (QED) is 0.923. The van der Waals surface area contributed by atoms with Crippen molar-refractivity contribution >= 4 is 11.8 Å². The molecule has 0 fully saturated rings. The molecule has 0 spiro atoms. The molecule has 0 atom stereocenters. The fraction of sp³-hybridized carbons (Fsp3) is 0.278. The summed E-state index contributed by atoms with van der Waals surface area (Å²) in [6.45, 7) is 4.27. The van der Waals surface area contributed by atoms with Crippen molar-refractivity contribution < 1.29 is 9.59 Å². The summed E-state index contributed by atoms with van der Waals surface area (Å²) in [5, 5.41) is 2.79. The Hall–Kier alpha value is -2.69. The molecule has 0 saturated carbocycles. The summed E-state index contributed by atoms with van der Waals surface area (Å²) in [5.41, 5.74) is 1.84. The predicted octanol–water partition coefficient (Wildman–Crippen LogP) is 2.49. The van der Waals surface area contributed by atoms with Crippen molar-refractivity contribution in [1.29, 1.82) is 0 Å². The molecular formula is C18H21N3O2. The summed E-state index contributed by atoms with van der Waals surface area (Å²) in [6.07, 6.45) is 2.95. The van der Waals surface area contributed by atoms with Crippen LogP contribution in [0.1, 0.15) is 40.1 Å². The lowest BCUT2D eigenvalue weighted by atomic mass is 10.1. The van der Waals surface area contributed by atoms with Crippen molar-refractivity contribution in [3.63, 3.8) is 0 Å². The number of pyridine rings is 1. The molecule has 1 aromatic heterocycles. The van der Waals surface area contributed by atoms with E-state index >= 15 is 0 Å². The van der Waals surface area contributed by atoms with Crippen LogP contribution in [0.2, 0.25) is 0 Å². The van der Waals surface area contributed by atoms with E-state index in [1.54, 1.807) is 18.0 Å². The largest absolute Gasteiger partial charge is 0.350 e. The first-order valence-corrected chi connectivity index (χ1v) is 7.52. The molecule has 0 aliphatic carbocycles. The van der Waals surface area contributed by atoms with Crippen LogP contribution in [0.5, 0.6) is 0 Å². The number of carbonyl (C=O) groups is 2. The molecule has 0 aliphatic heterocycles. The van der Waals surface area contributed by atoms with Gasteiger partial charge in [-0.2, -0.15) is 0 Å². The second-order valence-electron chi connectivity index (χ2n) is 5.74. The molecule has 1 heterocycles. The number of nitrogens with one attached hydrogen (secondary N) is 1. The van der Waals surface area contributed by atoms with Crippen molar-refractivity contribution in [3.05, 3.63) is 65.5 Å². The number of benzene rings is 1. The zero-order valence-corrected chi connectivity index (χ0v) is 13.6. The van der Waals surface area contributed by atoms with Gasteiger partial charge in [-0.1, -0.05) is 30.3 Å². The van der Waals surface area contributed by atoms with E-state index in [0.29, 0.717) is 17.7 Å². The van der Waals surface area contributed by atoms with Gasteiger partial charge >= 0.3 is 0 Å². The molecule has 0 radical (unpaired) electrons. The number of hydrogen-bond donors (Lipinski definition) is 1. The van der Waals surface area contributed by atoms with Crippen LogP contribution in [0.4, 0.5) is 0 Å². The third-order valence-corrected chi connectivity index (χ3v) is 3.28. The van der Waals surface area contributed by atoms with Gasteiger partial charge in [-0.05, 0) is 25.5 Å². The van der Waals surface area contributed by atoms with Crippen molar-refractivity contribution in [2.24, 2.45) is 0 Å². The lowest BCUT2D eigenvalue weighted by Crippen LogP contribution is -2.31. The summed E-state index contributed by atoms with van der Waals surface area (Å²) < 4.78 is 0. The van der Waals surface area contributed by atoms with Crippen molar-refractivity contribution in [3.8, 4) is 0 Å². The monoisotopic (exact) mass is 311 g/mol. The van der Waals surface area contributed by atoms with Gasteiger partial charge in [0, 0.05) is 32.0 Å². The summed E-state index contributed by atoms with van der Waals surface area (Å²) in [6, 6.07) is 11.4. The third-order valence-electron chi connectivity index (χ3n) is 3.28. The molecule has 5 nitrogen and oxygen atoms in total. The van der Waals surface area contributed by atoms with Crippen LogP contribution in [-0.4, -0.2) is 34.8 Å². The number of carbonyl (C=O) groups excluding carboxylic acids is 2. The van der Waals surface area contributed by atoms with E-state index in [0.717, 1.165) is 5.56 Å². The number of nitrogens with zero attached hydrogens (tertiary/aromatic N) is 2. The predicted molar refractivity (Wildman–Crippen MR) is 89.1 cm³/mol. The molecule has 1 aromatic carbocycles. The Kier molecular flexibility index (Phi) is 5.46. The fourth-order valence-electron chi connectivity index (χ4n) is 2.18. The number of amides is 2. The highest BCUT2D eigenvalue weighted by molar-refractivity contribution is 5.99. The van der Waals surface area contributed by atoms with Crippen LogP contribution in [0.25, 0.3) is 0 Å². The molecule has 0 unspecified atom stereocenters. The second-order valence-corrected chi connectivity index (χ2v) is 5.74. The Bertz CT molecular complexity index is 684. The van der Waals surface area contributed by atoms with Crippen molar-refractivity contribution in [2.75, 3.05) is 7.05 Å². The van der Waals surface area contributed by atoms with Gasteiger partial charge in [0.15, 0.2) is 0 Å². The van der Waals surface area contributed by atoms with Gasteiger partial charge < -0.3 is 10.2 Å². The van der Waals surface area contributed by atoms with Gasteiger partial charge in [-0.15, -0.1) is 0 Å². The van der Waals surface area contributed by atoms with E-state index in [1.807, 2.05) is 44.2 Å². The van der Waals surface area contributed by atoms with E-state index in [-0.39, 0.29) is 17.9 Å². The Morgan fingerprint density at radius 3 is 2.43 bits per heavy atom. The summed E-state index contributed by atoms with van der Waals surface area (Å²) in [5.74, 6) is -0.395. The smallest absolute Gasteiger partial charge is 0.255 e. The van der Waals surface area contributed by atoms with E-state index in [2.05, 4.69) is 10.3 Å². The van der Waals surface area contributed by atoms with Gasteiger partial charge in [-0.3, -0.25) is 14.6 Å². The van der Waals surface area contributed by atoms with Crippen molar-refractivity contribution in [2.45, 2.75) is 26.4 Å². The van der Waals surface area contributed by atoms with E-state index < -0.39 is 0 Å². The Morgan fingerprint density at radius 1 is 1.13 bits per heavy atom. The van der Waals surface area contributed by atoms with Crippen LogP contribution in [0, 0.1) is 0 Å². The molecule has 2 amide bonds. The molecule has 120 valence electrons. The minimum absolute atomic E-state index is 0.0302.